The number of carbonyl (C=O) groups is 1. The van der Waals surface area contributed by atoms with Gasteiger partial charge in [-0.3, -0.25) is 4.79 Å². The maximum absolute atomic E-state index is 12.5. The summed E-state index contributed by atoms with van der Waals surface area (Å²) < 4.78 is 38.3. The molecule has 0 unspecified atom stereocenters. The third-order valence-electron chi connectivity index (χ3n) is 3.44. The highest BCUT2D eigenvalue weighted by Crippen LogP contribution is 2.41. The van der Waals surface area contributed by atoms with Crippen LogP contribution in [0.2, 0.25) is 0 Å². The number of thiophene rings is 1. The summed E-state index contributed by atoms with van der Waals surface area (Å²) in [5.41, 5.74) is 0.607. The summed E-state index contributed by atoms with van der Waals surface area (Å²) in [5, 5.41) is 3.57. The van der Waals surface area contributed by atoms with Crippen LogP contribution in [0.1, 0.15) is 36.0 Å². The van der Waals surface area contributed by atoms with Gasteiger partial charge in [0.15, 0.2) is 5.78 Å². The summed E-state index contributed by atoms with van der Waals surface area (Å²) in [6.07, 6.45) is -3.29. The maximum atomic E-state index is 12.5. The van der Waals surface area contributed by atoms with E-state index >= 15 is 0 Å². The molecule has 1 fully saturated rings. The van der Waals surface area contributed by atoms with E-state index in [-0.39, 0.29) is 24.5 Å². The number of carbonyl (C=O) groups excluding carboxylic acids is 1. The van der Waals surface area contributed by atoms with Crippen molar-refractivity contribution < 1.29 is 18.0 Å². The molecule has 0 aliphatic heterocycles. The number of Topliss-reactive ketones (excluding diaryl/α,β-unsaturated/α-hetero) is 1. The summed E-state index contributed by atoms with van der Waals surface area (Å²) in [7, 11) is 0. The lowest BCUT2D eigenvalue weighted by atomic mass is 9.78. The highest BCUT2D eigenvalue weighted by molar-refractivity contribution is 9.10. The molecule has 0 aromatic carbocycles. The average molecular weight is 341 g/mol. The Balaban J connectivity index is 1.99. The minimum atomic E-state index is -4.11. The molecule has 1 nitrogen and oxygen atoms in total. The SMILES string of the molecule is O=C(c1cscc1Br)C1CCC(C(F)(F)F)CC1. The fraction of sp³-hybridized carbons (Fsp3) is 0.583. The van der Waals surface area contributed by atoms with Crippen LogP contribution in [0.3, 0.4) is 0 Å². The molecule has 1 aliphatic rings. The van der Waals surface area contributed by atoms with Crippen LogP contribution in [-0.4, -0.2) is 12.0 Å². The second kappa shape index (κ2) is 5.33. The van der Waals surface area contributed by atoms with Crippen LogP contribution in [0.25, 0.3) is 0 Å². The monoisotopic (exact) mass is 340 g/mol. The second-order valence-electron chi connectivity index (χ2n) is 4.59. The molecule has 6 heteroatoms. The van der Waals surface area contributed by atoms with Gasteiger partial charge in [-0.05, 0) is 41.6 Å². The van der Waals surface area contributed by atoms with Gasteiger partial charge in [0.25, 0.3) is 0 Å². The van der Waals surface area contributed by atoms with Crippen LogP contribution in [0.15, 0.2) is 15.2 Å². The summed E-state index contributed by atoms with van der Waals surface area (Å²) in [4.78, 5) is 12.1. The van der Waals surface area contributed by atoms with E-state index < -0.39 is 12.1 Å². The van der Waals surface area contributed by atoms with E-state index in [4.69, 9.17) is 0 Å². The molecular formula is C12H12BrF3OS. The number of hydrogen-bond acceptors (Lipinski definition) is 2. The summed E-state index contributed by atoms with van der Waals surface area (Å²) in [5.74, 6) is -1.51. The van der Waals surface area contributed by atoms with E-state index in [9.17, 15) is 18.0 Å². The quantitative estimate of drug-likeness (QED) is 0.687. The van der Waals surface area contributed by atoms with Gasteiger partial charge in [-0.2, -0.15) is 24.5 Å². The second-order valence-corrected chi connectivity index (χ2v) is 6.19. The van der Waals surface area contributed by atoms with Crippen molar-refractivity contribution in [3.63, 3.8) is 0 Å². The first-order valence-corrected chi connectivity index (χ1v) is 7.45. The van der Waals surface area contributed by atoms with Crippen LogP contribution in [-0.2, 0) is 0 Å². The molecule has 1 aliphatic carbocycles. The van der Waals surface area contributed by atoms with Gasteiger partial charge in [0.2, 0.25) is 0 Å². The molecule has 0 amide bonds. The van der Waals surface area contributed by atoms with E-state index in [0.29, 0.717) is 18.4 Å². The molecule has 1 saturated carbocycles. The predicted molar refractivity (Wildman–Crippen MR) is 67.9 cm³/mol. The molecule has 0 radical (unpaired) electrons. The topological polar surface area (TPSA) is 17.1 Å². The third-order valence-corrected chi connectivity index (χ3v) is 5.14. The molecule has 0 spiro atoms. The Hall–Kier alpha value is -0.360. The lowest BCUT2D eigenvalue weighted by molar-refractivity contribution is -0.183. The Morgan fingerprint density at radius 2 is 1.83 bits per heavy atom. The zero-order valence-corrected chi connectivity index (χ0v) is 11.9. The molecule has 18 heavy (non-hydrogen) atoms. The lowest BCUT2D eigenvalue weighted by Crippen LogP contribution is -2.30. The normalized spacial score (nSPS) is 25.1. The number of ketones is 1. The fourth-order valence-corrected chi connectivity index (χ4v) is 3.84. The van der Waals surface area contributed by atoms with E-state index in [2.05, 4.69) is 15.9 Å². The number of alkyl halides is 3. The molecule has 0 atom stereocenters. The Labute approximate surface area is 116 Å². The summed E-state index contributed by atoms with van der Waals surface area (Å²) in [6, 6.07) is 0. The van der Waals surface area contributed by atoms with Crippen molar-refractivity contribution in [1.82, 2.24) is 0 Å². The van der Waals surface area contributed by atoms with Gasteiger partial charge < -0.3 is 0 Å². The van der Waals surface area contributed by atoms with Gasteiger partial charge in [-0.25, -0.2) is 0 Å². The average Bonchev–Trinajstić information content (AvgIpc) is 2.73. The third kappa shape index (κ3) is 2.96. The van der Waals surface area contributed by atoms with Crippen molar-refractivity contribution in [2.24, 2.45) is 11.8 Å². The van der Waals surface area contributed by atoms with Crippen molar-refractivity contribution in [2.75, 3.05) is 0 Å². The van der Waals surface area contributed by atoms with Crippen LogP contribution in [0.4, 0.5) is 13.2 Å². The number of rotatable bonds is 2. The van der Waals surface area contributed by atoms with E-state index in [1.807, 2.05) is 5.38 Å². The van der Waals surface area contributed by atoms with Crippen molar-refractivity contribution >= 4 is 33.0 Å². The van der Waals surface area contributed by atoms with Crippen molar-refractivity contribution in [3.8, 4) is 0 Å². The standard InChI is InChI=1S/C12H12BrF3OS/c13-10-6-18-5-9(10)11(17)7-1-3-8(4-2-7)12(14,15)16/h5-8H,1-4H2. The zero-order chi connectivity index (χ0) is 13.3. The van der Waals surface area contributed by atoms with Crippen LogP contribution < -0.4 is 0 Å². The number of halogens is 4. The smallest absolute Gasteiger partial charge is 0.294 e. The van der Waals surface area contributed by atoms with Gasteiger partial charge in [0, 0.05) is 26.7 Å². The molecule has 1 aromatic rings. The first-order chi connectivity index (χ1) is 8.39. The molecule has 1 aromatic heterocycles. The molecule has 2 rings (SSSR count). The van der Waals surface area contributed by atoms with Gasteiger partial charge in [-0.15, -0.1) is 0 Å². The molecule has 0 saturated heterocycles. The first kappa shape index (κ1) is 14.1. The van der Waals surface area contributed by atoms with E-state index in [0.717, 1.165) is 4.47 Å². The van der Waals surface area contributed by atoms with E-state index in [1.54, 1.807) is 5.38 Å². The highest BCUT2D eigenvalue weighted by Gasteiger charge is 2.42. The summed E-state index contributed by atoms with van der Waals surface area (Å²) >= 11 is 4.70. The maximum Gasteiger partial charge on any atom is 0.391 e. The molecule has 0 N–H and O–H groups in total. The molecule has 1 heterocycles. The minimum absolute atomic E-state index is 0.0243. The van der Waals surface area contributed by atoms with Crippen molar-refractivity contribution in [3.05, 3.63) is 20.8 Å². The highest BCUT2D eigenvalue weighted by atomic mass is 79.9. The Kier molecular flexibility index (Phi) is 4.16. The number of hydrogen-bond donors (Lipinski definition) is 0. The summed E-state index contributed by atoms with van der Waals surface area (Å²) in [6.45, 7) is 0. The largest absolute Gasteiger partial charge is 0.391 e. The van der Waals surface area contributed by atoms with Crippen LogP contribution >= 0.6 is 27.3 Å². The Morgan fingerprint density at radius 1 is 1.22 bits per heavy atom. The molecule has 0 bridgehead atoms. The lowest BCUT2D eigenvalue weighted by Gasteiger charge is -2.28. The van der Waals surface area contributed by atoms with Gasteiger partial charge in [-0.1, -0.05) is 0 Å². The molecule has 100 valence electrons. The Morgan fingerprint density at radius 3 is 2.28 bits per heavy atom. The zero-order valence-electron chi connectivity index (χ0n) is 9.47. The van der Waals surface area contributed by atoms with Gasteiger partial charge >= 0.3 is 6.18 Å². The van der Waals surface area contributed by atoms with Gasteiger partial charge in [0.1, 0.15) is 0 Å². The van der Waals surface area contributed by atoms with Gasteiger partial charge in [0.05, 0.1) is 5.92 Å². The van der Waals surface area contributed by atoms with Crippen molar-refractivity contribution in [2.45, 2.75) is 31.9 Å². The first-order valence-electron chi connectivity index (χ1n) is 5.72. The van der Waals surface area contributed by atoms with Crippen LogP contribution in [0, 0.1) is 11.8 Å². The Bertz CT molecular complexity index is 433. The minimum Gasteiger partial charge on any atom is -0.294 e. The fourth-order valence-electron chi connectivity index (χ4n) is 2.36. The predicted octanol–water partition coefficient (Wildman–Crippen LogP) is 5.06. The van der Waals surface area contributed by atoms with Crippen LogP contribution in [0.5, 0.6) is 0 Å². The van der Waals surface area contributed by atoms with E-state index in [1.165, 1.54) is 11.3 Å². The van der Waals surface area contributed by atoms with Crippen molar-refractivity contribution in [1.29, 1.82) is 0 Å². The molecular weight excluding hydrogens is 329 g/mol.